The summed E-state index contributed by atoms with van der Waals surface area (Å²) in [6.45, 7) is 9.71. The molecule has 0 saturated carbocycles. The van der Waals surface area contributed by atoms with Gasteiger partial charge < -0.3 is 29.3 Å². The third-order valence-electron chi connectivity index (χ3n) is 8.98. The maximum atomic E-state index is 12.8. The summed E-state index contributed by atoms with van der Waals surface area (Å²) >= 11 is 0. The number of hydrogen-bond donors (Lipinski definition) is 1. The quantitative estimate of drug-likeness (QED) is 0.295. The molecule has 44 heavy (non-hydrogen) atoms. The Morgan fingerprint density at radius 3 is 2.34 bits per heavy atom. The van der Waals surface area contributed by atoms with Gasteiger partial charge in [0.25, 0.3) is 0 Å². The van der Waals surface area contributed by atoms with E-state index in [4.69, 9.17) is 14.2 Å². The van der Waals surface area contributed by atoms with Gasteiger partial charge in [-0.25, -0.2) is 14.0 Å². The van der Waals surface area contributed by atoms with Gasteiger partial charge in [0.1, 0.15) is 24.8 Å². The summed E-state index contributed by atoms with van der Waals surface area (Å²) in [4.78, 5) is 17.6. The number of hydrogen-bond acceptors (Lipinski definition) is 8. The van der Waals surface area contributed by atoms with E-state index in [9.17, 15) is 4.79 Å². The molecule has 2 saturated heterocycles. The van der Waals surface area contributed by atoms with Gasteiger partial charge in [-0.1, -0.05) is 19.1 Å². The van der Waals surface area contributed by atoms with Crippen LogP contribution >= 0.6 is 0 Å². The molecule has 4 aromatic rings. The standard InChI is InChI=1S/C34H40N6O4/c1-3-24(2)40-34(41)39(23-36-40)29-8-6-27(7-9-29)37-16-18-38(19-17-37)28-10-12-30(13-11-28)42-21-31-22-43-33(44-31)26-5-4-25-14-15-35-32(25)20-26/h4-13,20,23-24,31,33,35H,3,14-19,21-22H2,1-2H3/t24?,31-,33+/m1/s1. The van der Waals surface area contributed by atoms with Crippen molar-refractivity contribution in [2.45, 2.75) is 45.1 Å². The van der Waals surface area contributed by atoms with Gasteiger partial charge in [0.15, 0.2) is 6.29 Å². The van der Waals surface area contributed by atoms with Gasteiger partial charge in [0.05, 0.1) is 18.3 Å². The zero-order chi connectivity index (χ0) is 30.0. The number of nitrogens with zero attached hydrogens (tertiary/aromatic N) is 5. The summed E-state index contributed by atoms with van der Waals surface area (Å²) in [5.41, 5.74) is 6.66. The first-order chi connectivity index (χ1) is 21.6. The van der Waals surface area contributed by atoms with E-state index in [1.54, 1.807) is 15.6 Å². The lowest BCUT2D eigenvalue weighted by atomic mass is 10.1. The van der Waals surface area contributed by atoms with Crippen molar-refractivity contribution < 1.29 is 14.2 Å². The SMILES string of the molecule is CCC(C)n1ncn(-c2ccc(N3CCN(c4ccc(OC[C@@H]5CO[C@H](c6ccc7c(c6)NCC7)O5)cc4)CC3)cc2)c1=O. The van der Waals surface area contributed by atoms with Crippen LogP contribution in [0.2, 0.25) is 0 Å². The summed E-state index contributed by atoms with van der Waals surface area (Å²) in [6.07, 6.45) is 3.09. The second-order valence-corrected chi connectivity index (χ2v) is 11.8. The van der Waals surface area contributed by atoms with Crippen LogP contribution in [0.15, 0.2) is 77.9 Å². The van der Waals surface area contributed by atoms with E-state index < -0.39 is 0 Å². The molecule has 3 atom stereocenters. The summed E-state index contributed by atoms with van der Waals surface area (Å²) in [5.74, 6) is 0.829. The van der Waals surface area contributed by atoms with Crippen molar-refractivity contribution in [3.05, 3.63) is 94.7 Å². The average Bonchev–Trinajstić information content (AvgIpc) is 3.84. The average molecular weight is 597 g/mol. The minimum absolute atomic E-state index is 0.0802. The van der Waals surface area contributed by atoms with Gasteiger partial charge in [-0.05, 0) is 79.9 Å². The van der Waals surface area contributed by atoms with E-state index in [1.165, 1.54) is 16.9 Å². The van der Waals surface area contributed by atoms with Crippen LogP contribution in [0, 0.1) is 0 Å². The van der Waals surface area contributed by atoms with Crippen LogP contribution in [-0.4, -0.2) is 66.4 Å². The van der Waals surface area contributed by atoms with Crippen molar-refractivity contribution in [2.24, 2.45) is 0 Å². The maximum Gasteiger partial charge on any atom is 0.350 e. The molecule has 3 aliphatic heterocycles. The lowest BCUT2D eigenvalue weighted by molar-refractivity contribution is -0.0658. The lowest BCUT2D eigenvalue weighted by Gasteiger charge is -2.37. The number of benzene rings is 3. The van der Waals surface area contributed by atoms with E-state index in [0.29, 0.717) is 13.2 Å². The molecule has 0 aliphatic carbocycles. The number of aromatic nitrogens is 3. The molecule has 230 valence electrons. The second kappa shape index (κ2) is 12.4. The minimum atomic E-state index is -0.348. The topological polar surface area (TPSA) is 86.0 Å². The highest BCUT2D eigenvalue weighted by atomic mass is 16.7. The Hall–Kier alpha value is -4.28. The maximum absolute atomic E-state index is 12.8. The molecule has 0 bridgehead atoms. The van der Waals surface area contributed by atoms with Crippen molar-refractivity contribution >= 4 is 17.1 Å². The largest absolute Gasteiger partial charge is 0.491 e. The second-order valence-electron chi connectivity index (χ2n) is 11.8. The van der Waals surface area contributed by atoms with Gasteiger partial charge in [0, 0.05) is 55.3 Å². The summed E-state index contributed by atoms with van der Waals surface area (Å²) < 4.78 is 21.3. The Morgan fingerprint density at radius 1 is 0.955 bits per heavy atom. The zero-order valence-electron chi connectivity index (χ0n) is 25.4. The third-order valence-corrected chi connectivity index (χ3v) is 8.98. The highest BCUT2D eigenvalue weighted by molar-refractivity contribution is 5.57. The number of fused-ring (bicyclic) bond motifs is 1. The molecule has 0 spiro atoms. The number of anilines is 3. The summed E-state index contributed by atoms with van der Waals surface area (Å²) in [5, 5.41) is 7.72. The molecular weight excluding hydrogens is 556 g/mol. The number of piperazine rings is 1. The molecule has 10 nitrogen and oxygen atoms in total. The molecule has 3 aliphatic rings. The van der Waals surface area contributed by atoms with Crippen molar-refractivity contribution in [1.29, 1.82) is 0 Å². The predicted molar refractivity (Wildman–Crippen MR) is 171 cm³/mol. The molecule has 0 amide bonds. The number of nitrogens with one attached hydrogen (secondary N) is 1. The number of ether oxygens (including phenoxy) is 3. The van der Waals surface area contributed by atoms with Crippen LogP contribution in [0.3, 0.4) is 0 Å². The van der Waals surface area contributed by atoms with Gasteiger partial charge in [-0.3, -0.25) is 0 Å². The molecular formula is C34H40N6O4. The van der Waals surface area contributed by atoms with Crippen LogP contribution in [-0.2, 0) is 15.9 Å². The fourth-order valence-electron chi connectivity index (χ4n) is 6.12. The monoisotopic (exact) mass is 596 g/mol. The number of rotatable bonds is 9. The van der Waals surface area contributed by atoms with Crippen LogP contribution in [0.1, 0.15) is 43.7 Å². The van der Waals surface area contributed by atoms with Crippen LogP contribution < -0.4 is 25.5 Å². The third kappa shape index (κ3) is 5.79. The Labute approximate surface area is 257 Å². The van der Waals surface area contributed by atoms with E-state index in [2.05, 4.69) is 69.6 Å². The van der Waals surface area contributed by atoms with Crippen molar-refractivity contribution in [3.63, 3.8) is 0 Å². The Bertz CT molecular complexity index is 1620. The van der Waals surface area contributed by atoms with Crippen molar-refractivity contribution in [3.8, 4) is 11.4 Å². The fraction of sp³-hybridized carbons (Fsp3) is 0.412. The first kappa shape index (κ1) is 28.5. The molecule has 0 radical (unpaired) electrons. The predicted octanol–water partition coefficient (Wildman–Crippen LogP) is 4.79. The highest BCUT2D eigenvalue weighted by Crippen LogP contribution is 2.32. The summed E-state index contributed by atoms with van der Waals surface area (Å²) in [7, 11) is 0. The van der Waals surface area contributed by atoms with E-state index in [-0.39, 0.29) is 24.1 Å². The van der Waals surface area contributed by atoms with Crippen LogP contribution in [0.4, 0.5) is 17.1 Å². The molecule has 1 N–H and O–H groups in total. The van der Waals surface area contributed by atoms with E-state index in [0.717, 1.165) is 68.3 Å². The molecule has 3 aromatic carbocycles. The Morgan fingerprint density at radius 2 is 1.64 bits per heavy atom. The van der Waals surface area contributed by atoms with Crippen molar-refractivity contribution in [1.82, 2.24) is 14.3 Å². The Balaban J connectivity index is 0.884. The molecule has 2 fully saturated rings. The van der Waals surface area contributed by atoms with E-state index >= 15 is 0 Å². The smallest absolute Gasteiger partial charge is 0.350 e. The molecule has 4 heterocycles. The van der Waals surface area contributed by atoms with E-state index in [1.807, 2.05) is 31.2 Å². The molecule has 1 aromatic heterocycles. The van der Waals surface area contributed by atoms with Gasteiger partial charge in [-0.2, -0.15) is 5.10 Å². The van der Waals surface area contributed by atoms with Crippen LogP contribution in [0.5, 0.6) is 5.75 Å². The Kier molecular flexibility index (Phi) is 8.01. The van der Waals surface area contributed by atoms with Crippen LogP contribution in [0.25, 0.3) is 5.69 Å². The molecule has 7 rings (SSSR count). The first-order valence-corrected chi connectivity index (χ1v) is 15.7. The lowest BCUT2D eigenvalue weighted by Crippen LogP contribution is -2.46. The zero-order valence-corrected chi connectivity index (χ0v) is 25.4. The fourth-order valence-corrected chi connectivity index (χ4v) is 6.12. The molecule has 10 heteroatoms. The van der Waals surface area contributed by atoms with Gasteiger partial charge >= 0.3 is 5.69 Å². The normalized spacial score (nSPS) is 20.4. The first-order valence-electron chi connectivity index (χ1n) is 15.7. The molecule has 1 unspecified atom stereocenters. The highest BCUT2D eigenvalue weighted by Gasteiger charge is 2.29. The van der Waals surface area contributed by atoms with Crippen molar-refractivity contribution in [2.75, 3.05) is 61.1 Å². The summed E-state index contributed by atoms with van der Waals surface area (Å²) in [6, 6.07) is 23.0. The minimum Gasteiger partial charge on any atom is -0.491 e. The van der Waals surface area contributed by atoms with Gasteiger partial charge in [-0.15, -0.1) is 0 Å². The van der Waals surface area contributed by atoms with Gasteiger partial charge in [0.2, 0.25) is 0 Å².